The number of halogens is 2. The van der Waals surface area contributed by atoms with Gasteiger partial charge in [0.15, 0.2) is 0 Å². The standard InChI is InChI=1S/C22H30Cl2N4O3/c1-31-20-13-19(25)18(24)12-17(20)22(30)26-16-5-8-27(9-6-16)14-15-3-10-28(11-4-15)21(29)2-7-23/h2,7,12-13,15-16H,3-6,8-11,14,25H2,1H3,(H,26,30)/b7-2+. The number of nitrogen functional groups attached to an aromatic ring is 1. The van der Waals surface area contributed by atoms with E-state index in [0.29, 0.717) is 27.9 Å². The van der Waals surface area contributed by atoms with E-state index in [-0.39, 0.29) is 17.9 Å². The van der Waals surface area contributed by atoms with Crippen LogP contribution < -0.4 is 15.8 Å². The zero-order chi connectivity index (χ0) is 22.4. The number of rotatable bonds is 6. The number of carbonyl (C=O) groups is 2. The maximum absolute atomic E-state index is 12.7. The largest absolute Gasteiger partial charge is 0.496 e. The second-order valence-corrected chi connectivity index (χ2v) is 8.84. The van der Waals surface area contributed by atoms with Crippen LogP contribution >= 0.6 is 23.2 Å². The maximum Gasteiger partial charge on any atom is 0.255 e. The average Bonchev–Trinajstić information content (AvgIpc) is 2.77. The van der Waals surface area contributed by atoms with Crippen molar-refractivity contribution in [2.75, 3.05) is 45.6 Å². The third-order valence-corrected chi connectivity index (χ3v) is 6.59. The molecule has 0 unspecified atom stereocenters. The molecule has 0 spiro atoms. The lowest BCUT2D eigenvalue weighted by Crippen LogP contribution is -2.47. The van der Waals surface area contributed by atoms with Crippen LogP contribution in [0.3, 0.4) is 0 Å². The molecule has 0 bridgehead atoms. The Morgan fingerprint density at radius 1 is 1.19 bits per heavy atom. The highest BCUT2D eigenvalue weighted by molar-refractivity contribution is 6.33. The van der Waals surface area contributed by atoms with Crippen LogP contribution in [-0.4, -0.2) is 67.5 Å². The number of benzene rings is 1. The molecule has 0 aliphatic carbocycles. The molecule has 0 aromatic heterocycles. The van der Waals surface area contributed by atoms with Gasteiger partial charge in [0.05, 0.1) is 23.4 Å². The molecule has 170 valence electrons. The highest BCUT2D eigenvalue weighted by Crippen LogP contribution is 2.29. The molecule has 2 aliphatic heterocycles. The predicted molar refractivity (Wildman–Crippen MR) is 124 cm³/mol. The molecular weight excluding hydrogens is 439 g/mol. The zero-order valence-corrected chi connectivity index (χ0v) is 19.3. The fraction of sp³-hybridized carbons (Fsp3) is 0.545. The van der Waals surface area contributed by atoms with Gasteiger partial charge in [-0.05, 0) is 37.7 Å². The lowest BCUT2D eigenvalue weighted by Gasteiger charge is -2.37. The lowest BCUT2D eigenvalue weighted by molar-refractivity contribution is -0.127. The van der Waals surface area contributed by atoms with Gasteiger partial charge in [0, 0.05) is 56.4 Å². The maximum atomic E-state index is 12.7. The van der Waals surface area contributed by atoms with Crippen molar-refractivity contribution >= 4 is 40.7 Å². The Kier molecular flexibility index (Phi) is 8.46. The van der Waals surface area contributed by atoms with Crippen molar-refractivity contribution in [2.45, 2.75) is 31.7 Å². The first-order chi connectivity index (χ1) is 14.9. The number of nitrogens with zero attached hydrogens (tertiary/aromatic N) is 2. The number of carbonyl (C=O) groups excluding carboxylic acids is 2. The molecule has 7 nitrogen and oxygen atoms in total. The van der Waals surface area contributed by atoms with Crippen molar-refractivity contribution in [1.29, 1.82) is 0 Å². The van der Waals surface area contributed by atoms with E-state index in [4.69, 9.17) is 33.7 Å². The number of amides is 2. The van der Waals surface area contributed by atoms with E-state index in [1.165, 1.54) is 18.7 Å². The van der Waals surface area contributed by atoms with Gasteiger partial charge in [-0.2, -0.15) is 0 Å². The van der Waals surface area contributed by atoms with Gasteiger partial charge < -0.3 is 25.6 Å². The summed E-state index contributed by atoms with van der Waals surface area (Å²) < 4.78 is 5.29. The number of hydrogen-bond acceptors (Lipinski definition) is 5. The van der Waals surface area contributed by atoms with Crippen LogP contribution in [0.4, 0.5) is 5.69 Å². The molecule has 1 aromatic rings. The summed E-state index contributed by atoms with van der Waals surface area (Å²) in [4.78, 5) is 28.9. The minimum absolute atomic E-state index is 0.0102. The quantitative estimate of drug-likeness (QED) is 0.494. The highest BCUT2D eigenvalue weighted by atomic mass is 35.5. The molecule has 2 fully saturated rings. The van der Waals surface area contributed by atoms with Gasteiger partial charge in [-0.1, -0.05) is 23.2 Å². The van der Waals surface area contributed by atoms with Gasteiger partial charge in [-0.3, -0.25) is 9.59 Å². The summed E-state index contributed by atoms with van der Waals surface area (Å²) in [6, 6.07) is 3.25. The molecule has 3 N–H and O–H groups in total. The number of likely N-dealkylation sites (tertiary alicyclic amines) is 2. The van der Waals surface area contributed by atoms with Crippen molar-refractivity contribution in [3.63, 3.8) is 0 Å². The van der Waals surface area contributed by atoms with Crippen molar-refractivity contribution in [3.05, 3.63) is 34.3 Å². The summed E-state index contributed by atoms with van der Waals surface area (Å²) in [7, 11) is 1.51. The second-order valence-electron chi connectivity index (χ2n) is 8.18. The Labute approximate surface area is 193 Å². The van der Waals surface area contributed by atoms with E-state index >= 15 is 0 Å². The SMILES string of the molecule is COc1cc(N)c(Cl)cc1C(=O)NC1CCN(CC2CCN(C(=O)/C=C/Cl)CC2)CC1. The zero-order valence-electron chi connectivity index (χ0n) is 17.8. The normalized spacial score (nSPS) is 19.0. The fourth-order valence-corrected chi connectivity index (χ4v) is 4.57. The van der Waals surface area contributed by atoms with Gasteiger partial charge in [-0.15, -0.1) is 0 Å². The Hall–Kier alpha value is -1.96. The molecule has 31 heavy (non-hydrogen) atoms. The Morgan fingerprint density at radius 3 is 2.48 bits per heavy atom. The van der Waals surface area contributed by atoms with Crippen molar-refractivity contribution in [2.24, 2.45) is 5.92 Å². The van der Waals surface area contributed by atoms with E-state index in [1.54, 1.807) is 12.1 Å². The summed E-state index contributed by atoms with van der Waals surface area (Å²) in [6.45, 7) is 4.49. The van der Waals surface area contributed by atoms with Crippen molar-refractivity contribution in [3.8, 4) is 5.75 Å². The third kappa shape index (κ3) is 6.28. The average molecular weight is 469 g/mol. The molecule has 9 heteroatoms. The molecule has 0 atom stereocenters. The Morgan fingerprint density at radius 2 is 1.87 bits per heavy atom. The number of nitrogens with one attached hydrogen (secondary N) is 1. The highest BCUT2D eigenvalue weighted by Gasteiger charge is 2.27. The van der Waals surface area contributed by atoms with E-state index in [1.807, 2.05) is 4.90 Å². The molecule has 3 rings (SSSR count). The fourth-order valence-electron chi connectivity index (χ4n) is 4.30. The van der Waals surface area contributed by atoms with Crippen LogP contribution in [0.2, 0.25) is 5.02 Å². The monoisotopic (exact) mass is 468 g/mol. The van der Waals surface area contributed by atoms with Crippen LogP contribution in [-0.2, 0) is 4.79 Å². The molecule has 2 heterocycles. The minimum atomic E-state index is -0.194. The number of nitrogens with two attached hydrogens (primary N) is 1. The molecular formula is C22H30Cl2N4O3. The number of hydrogen-bond donors (Lipinski definition) is 2. The number of ether oxygens (including phenoxy) is 1. The Bertz CT molecular complexity index is 817. The van der Waals surface area contributed by atoms with Crippen LogP contribution in [0.15, 0.2) is 23.7 Å². The first-order valence-electron chi connectivity index (χ1n) is 10.6. The van der Waals surface area contributed by atoms with Crippen LogP contribution in [0.25, 0.3) is 0 Å². The van der Waals surface area contributed by atoms with Crippen LogP contribution in [0.1, 0.15) is 36.0 Å². The molecule has 0 saturated carbocycles. The van der Waals surface area contributed by atoms with Crippen LogP contribution in [0.5, 0.6) is 5.75 Å². The van der Waals surface area contributed by atoms with E-state index in [2.05, 4.69) is 10.2 Å². The second kappa shape index (κ2) is 11.1. The summed E-state index contributed by atoms with van der Waals surface area (Å²) in [5.41, 5.74) is 7.85. The van der Waals surface area contributed by atoms with Gasteiger partial charge >= 0.3 is 0 Å². The van der Waals surface area contributed by atoms with Gasteiger partial charge in [-0.25, -0.2) is 0 Å². The predicted octanol–water partition coefficient (Wildman–Crippen LogP) is 3.12. The first kappa shape index (κ1) is 23.7. The molecule has 2 saturated heterocycles. The van der Waals surface area contributed by atoms with Crippen LogP contribution in [0, 0.1) is 5.92 Å². The Balaban J connectivity index is 1.44. The third-order valence-electron chi connectivity index (χ3n) is 6.13. The van der Waals surface area contributed by atoms with Gasteiger partial charge in [0.2, 0.25) is 5.91 Å². The molecule has 2 amide bonds. The topological polar surface area (TPSA) is 87.9 Å². The molecule has 0 radical (unpaired) electrons. The van der Waals surface area contributed by atoms with Crippen molar-refractivity contribution < 1.29 is 14.3 Å². The number of methoxy groups -OCH3 is 1. The van der Waals surface area contributed by atoms with E-state index < -0.39 is 0 Å². The first-order valence-corrected chi connectivity index (χ1v) is 11.4. The summed E-state index contributed by atoms with van der Waals surface area (Å²) in [6.07, 6.45) is 5.23. The summed E-state index contributed by atoms with van der Waals surface area (Å²) in [5, 5.41) is 3.44. The molecule has 2 aliphatic rings. The van der Waals surface area contributed by atoms with E-state index in [9.17, 15) is 9.59 Å². The summed E-state index contributed by atoms with van der Waals surface area (Å²) in [5.74, 6) is 0.809. The molecule has 1 aromatic carbocycles. The van der Waals surface area contributed by atoms with Crippen molar-refractivity contribution in [1.82, 2.24) is 15.1 Å². The summed E-state index contributed by atoms with van der Waals surface area (Å²) >= 11 is 11.6. The lowest BCUT2D eigenvalue weighted by atomic mass is 9.94. The number of piperidine rings is 2. The van der Waals surface area contributed by atoms with Gasteiger partial charge in [0.25, 0.3) is 5.91 Å². The minimum Gasteiger partial charge on any atom is -0.496 e. The smallest absolute Gasteiger partial charge is 0.255 e. The number of anilines is 1. The van der Waals surface area contributed by atoms with E-state index in [0.717, 1.165) is 58.4 Å². The van der Waals surface area contributed by atoms with Gasteiger partial charge in [0.1, 0.15) is 5.75 Å².